The highest BCUT2D eigenvalue weighted by Gasteiger charge is 2.45. The van der Waals surface area contributed by atoms with Gasteiger partial charge in [-0.25, -0.2) is 13.8 Å². The molecule has 0 spiro atoms. The fourth-order valence-electron chi connectivity index (χ4n) is 3.85. The number of hydrogen-bond donors (Lipinski definition) is 1. The molecule has 3 rings (SSSR count). The zero-order valence-corrected chi connectivity index (χ0v) is 17.1. The summed E-state index contributed by atoms with van der Waals surface area (Å²) in [6.45, 7) is 12.5. The van der Waals surface area contributed by atoms with Gasteiger partial charge in [0, 0.05) is 24.4 Å². The van der Waals surface area contributed by atoms with Crippen molar-refractivity contribution in [2.24, 2.45) is 10.7 Å². The summed E-state index contributed by atoms with van der Waals surface area (Å²) in [7, 11) is 1.79. The van der Waals surface area contributed by atoms with Gasteiger partial charge >= 0.3 is 0 Å². The van der Waals surface area contributed by atoms with Crippen LogP contribution in [-0.4, -0.2) is 17.9 Å². The minimum atomic E-state index is -1.05. The number of guanidine groups is 1. The normalized spacial score (nSPS) is 23.0. The van der Waals surface area contributed by atoms with E-state index in [1.54, 1.807) is 11.9 Å². The Morgan fingerprint density at radius 1 is 1.11 bits per heavy atom. The molecule has 2 atom stereocenters. The van der Waals surface area contributed by atoms with E-state index in [-0.39, 0.29) is 22.9 Å². The van der Waals surface area contributed by atoms with Gasteiger partial charge in [-0.2, -0.15) is 0 Å². The van der Waals surface area contributed by atoms with Crippen LogP contribution < -0.4 is 5.73 Å². The van der Waals surface area contributed by atoms with Crippen molar-refractivity contribution in [2.45, 2.75) is 44.6 Å². The lowest BCUT2D eigenvalue weighted by Crippen LogP contribution is -2.47. The van der Waals surface area contributed by atoms with Gasteiger partial charge in [0.15, 0.2) is 5.96 Å². The fraction of sp³-hybridized carbons (Fsp3) is 0.348. The average Bonchev–Trinajstić information content (AvgIpc) is 2.59. The first kappa shape index (κ1) is 20.1. The Balaban J connectivity index is 2.19. The first-order valence-corrected chi connectivity index (χ1v) is 9.29. The van der Waals surface area contributed by atoms with Crippen LogP contribution in [-0.2, 0) is 11.0 Å². The van der Waals surface area contributed by atoms with Crippen LogP contribution in [0, 0.1) is 11.6 Å². The van der Waals surface area contributed by atoms with E-state index >= 15 is 0 Å². The van der Waals surface area contributed by atoms with E-state index in [0.29, 0.717) is 5.70 Å². The number of nitrogens with zero attached hydrogens (tertiary/aromatic N) is 2. The second-order valence-electron chi connectivity index (χ2n) is 8.60. The van der Waals surface area contributed by atoms with Crippen LogP contribution in [0.25, 0.3) is 0 Å². The standard InChI is InChI=1S/C23H27F2N3/c1-14-20(15-7-9-16(10-8-15)22(2,3)4)23(5,27-21(26)28(14)6)18-12-11-17(24)13-19(18)25/h7-13,20H,1H2,2-6H3,(H2,26,27)/t20-,23-/m1/s1. The Morgan fingerprint density at radius 3 is 2.25 bits per heavy atom. The van der Waals surface area contributed by atoms with Crippen LogP contribution in [0.15, 0.2) is 59.7 Å². The van der Waals surface area contributed by atoms with E-state index in [1.807, 2.05) is 19.1 Å². The first-order valence-electron chi connectivity index (χ1n) is 9.29. The predicted molar refractivity (Wildman–Crippen MR) is 110 cm³/mol. The molecule has 0 unspecified atom stereocenters. The molecule has 1 heterocycles. The molecule has 0 amide bonds. The summed E-state index contributed by atoms with van der Waals surface area (Å²) in [5, 5.41) is 0. The molecule has 1 aliphatic rings. The molecule has 2 aromatic rings. The smallest absolute Gasteiger partial charge is 0.196 e. The maximum absolute atomic E-state index is 14.7. The molecular weight excluding hydrogens is 356 g/mol. The molecule has 3 nitrogen and oxygen atoms in total. The average molecular weight is 383 g/mol. The van der Waals surface area contributed by atoms with Gasteiger partial charge < -0.3 is 10.6 Å². The van der Waals surface area contributed by atoms with Crippen LogP contribution >= 0.6 is 0 Å². The van der Waals surface area contributed by atoms with E-state index in [0.717, 1.165) is 11.6 Å². The molecule has 0 aromatic heterocycles. The van der Waals surface area contributed by atoms with Crippen molar-refractivity contribution < 1.29 is 8.78 Å². The lowest BCUT2D eigenvalue weighted by atomic mass is 9.72. The maximum atomic E-state index is 14.7. The molecule has 5 heteroatoms. The van der Waals surface area contributed by atoms with E-state index in [1.165, 1.54) is 17.7 Å². The molecule has 0 saturated carbocycles. The number of halogens is 2. The summed E-state index contributed by atoms with van der Waals surface area (Å²) in [6, 6.07) is 11.8. The SMILES string of the molecule is C=C1[C@H](c2ccc(C(C)(C)C)cc2)[C@@](C)(c2ccc(F)cc2F)N=C(N)N1C. The fourth-order valence-corrected chi connectivity index (χ4v) is 3.85. The molecular formula is C23H27F2N3. The lowest BCUT2D eigenvalue weighted by molar-refractivity contribution is 0.338. The summed E-state index contributed by atoms with van der Waals surface area (Å²) in [5.74, 6) is -1.37. The Hall–Kier alpha value is -2.69. The number of aliphatic imine (C=N–C) groups is 1. The third-order valence-corrected chi connectivity index (χ3v) is 5.60. The second-order valence-corrected chi connectivity index (χ2v) is 8.60. The number of hydrogen-bond acceptors (Lipinski definition) is 3. The summed E-state index contributed by atoms with van der Waals surface area (Å²) in [4.78, 5) is 6.35. The molecule has 0 saturated heterocycles. The van der Waals surface area contributed by atoms with E-state index in [4.69, 9.17) is 5.73 Å². The Labute approximate surface area is 165 Å². The van der Waals surface area contributed by atoms with E-state index in [2.05, 4.69) is 44.5 Å². The number of likely N-dealkylation sites (N-methyl/N-ethyl adjacent to an activating group) is 1. The second kappa shape index (κ2) is 6.73. The minimum absolute atomic E-state index is 0.0217. The van der Waals surface area contributed by atoms with Gasteiger partial charge in [-0.15, -0.1) is 0 Å². The third kappa shape index (κ3) is 3.30. The zero-order chi connectivity index (χ0) is 20.9. The van der Waals surface area contributed by atoms with Crippen LogP contribution in [0.1, 0.15) is 50.3 Å². The summed E-state index contributed by atoms with van der Waals surface area (Å²) >= 11 is 0. The first-order chi connectivity index (χ1) is 12.9. The van der Waals surface area contributed by atoms with Gasteiger partial charge in [-0.3, -0.25) is 0 Å². The van der Waals surface area contributed by atoms with Crippen molar-refractivity contribution in [3.8, 4) is 0 Å². The molecule has 1 aliphatic heterocycles. The van der Waals surface area contributed by atoms with Gasteiger partial charge in [-0.05, 0) is 29.5 Å². The maximum Gasteiger partial charge on any atom is 0.196 e. The molecule has 0 bridgehead atoms. The van der Waals surface area contributed by atoms with E-state index < -0.39 is 17.2 Å². The molecule has 0 fully saturated rings. The number of rotatable bonds is 2. The zero-order valence-electron chi connectivity index (χ0n) is 17.1. The monoisotopic (exact) mass is 383 g/mol. The molecule has 2 aromatic carbocycles. The summed E-state index contributed by atoms with van der Waals surface area (Å²) in [5.41, 5.74) is 8.22. The Morgan fingerprint density at radius 2 is 1.71 bits per heavy atom. The topological polar surface area (TPSA) is 41.6 Å². The van der Waals surface area contributed by atoms with Gasteiger partial charge in [0.2, 0.25) is 0 Å². The largest absolute Gasteiger partial charge is 0.370 e. The minimum Gasteiger partial charge on any atom is -0.370 e. The molecule has 28 heavy (non-hydrogen) atoms. The predicted octanol–water partition coefficient (Wildman–Crippen LogP) is 5.04. The molecule has 2 N–H and O–H groups in total. The van der Waals surface area contributed by atoms with Crippen molar-refractivity contribution in [1.82, 2.24) is 4.90 Å². The third-order valence-electron chi connectivity index (χ3n) is 5.60. The summed E-state index contributed by atoms with van der Waals surface area (Å²) in [6.07, 6.45) is 0. The molecule has 148 valence electrons. The van der Waals surface area contributed by atoms with E-state index in [9.17, 15) is 8.78 Å². The summed E-state index contributed by atoms with van der Waals surface area (Å²) < 4.78 is 28.3. The van der Waals surface area contributed by atoms with Crippen LogP contribution in [0.3, 0.4) is 0 Å². The van der Waals surface area contributed by atoms with Crippen molar-refractivity contribution in [3.63, 3.8) is 0 Å². The molecule has 0 radical (unpaired) electrons. The van der Waals surface area contributed by atoms with Gasteiger partial charge in [0.1, 0.15) is 17.2 Å². The van der Waals surface area contributed by atoms with Crippen LogP contribution in [0.4, 0.5) is 8.78 Å². The van der Waals surface area contributed by atoms with Crippen molar-refractivity contribution in [3.05, 3.63) is 83.1 Å². The quantitative estimate of drug-likeness (QED) is 0.790. The molecule has 0 aliphatic carbocycles. The van der Waals surface area contributed by atoms with Crippen LogP contribution in [0.2, 0.25) is 0 Å². The van der Waals surface area contributed by atoms with Gasteiger partial charge in [0.05, 0.1) is 5.92 Å². The van der Waals surface area contributed by atoms with Crippen molar-refractivity contribution in [1.29, 1.82) is 0 Å². The van der Waals surface area contributed by atoms with Crippen molar-refractivity contribution >= 4 is 5.96 Å². The van der Waals surface area contributed by atoms with Crippen molar-refractivity contribution in [2.75, 3.05) is 7.05 Å². The highest BCUT2D eigenvalue weighted by molar-refractivity contribution is 5.82. The van der Waals surface area contributed by atoms with Crippen LogP contribution in [0.5, 0.6) is 0 Å². The lowest BCUT2D eigenvalue weighted by Gasteiger charge is -2.44. The Kier molecular flexibility index (Phi) is 4.82. The highest BCUT2D eigenvalue weighted by atomic mass is 19.1. The van der Waals surface area contributed by atoms with Gasteiger partial charge in [0.25, 0.3) is 0 Å². The Bertz CT molecular complexity index is 941. The van der Waals surface area contributed by atoms with Gasteiger partial charge in [-0.1, -0.05) is 57.7 Å². The number of benzene rings is 2. The number of nitrogens with two attached hydrogens (primary N) is 1. The highest BCUT2D eigenvalue weighted by Crippen LogP contribution is 2.48.